The van der Waals surface area contributed by atoms with Crippen LogP contribution in [0.1, 0.15) is 26.5 Å². The minimum absolute atomic E-state index is 0.0943. The molecule has 3 rings (SSSR count). The van der Waals surface area contributed by atoms with E-state index in [0.717, 1.165) is 39.3 Å². The first-order chi connectivity index (χ1) is 12.7. The third kappa shape index (κ3) is 5.39. The van der Waals surface area contributed by atoms with Gasteiger partial charge in [-0.25, -0.2) is 0 Å². The Morgan fingerprint density at radius 1 is 1.08 bits per heavy atom. The van der Waals surface area contributed by atoms with Crippen LogP contribution < -0.4 is 10.6 Å². The zero-order valence-electron chi connectivity index (χ0n) is 14.6. The van der Waals surface area contributed by atoms with Crippen molar-refractivity contribution >= 4 is 28.8 Å². The maximum Gasteiger partial charge on any atom is 0.265 e. The van der Waals surface area contributed by atoms with Crippen molar-refractivity contribution in [3.05, 3.63) is 52.2 Å². The lowest BCUT2D eigenvalue weighted by molar-refractivity contribution is 0.0374. The Bertz CT molecular complexity index is 710. The molecule has 1 fully saturated rings. The lowest BCUT2D eigenvalue weighted by Crippen LogP contribution is -2.38. The average molecular weight is 373 g/mol. The molecule has 2 N–H and O–H groups in total. The van der Waals surface area contributed by atoms with Gasteiger partial charge in [0.05, 0.1) is 18.1 Å². The molecule has 0 spiro atoms. The first-order valence-electron chi connectivity index (χ1n) is 8.75. The Kier molecular flexibility index (Phi) is 6.76. The van der Waals surface area contributed by atoms with Crippen LogP contribution in [-0.2, 0) is 4.74 Å². The van der Waals surface area contributed by atoms with Gasteiger partial charge in [-0.1, -0.05) is 6.07 Å². The lowest BCUT2D eigenvalue weighted by Gasteiger charge is -2.26. The number of carbonyl (C=O) groups excluding carboxylic acids is 2. The number of benzene rings is 1. The second kappa shape index (κ2) is 9.47. The predicted molar refractivity (Wildman–Crippen MR) is 103 cm³/mol. The van der Waals surface area contributed by atoms with Crippen molar-refractivity contribution in [2.45, 2.75) is 6.42 Å². The SMILES string of the molecule is O=C(NCCCN1CCOCC1)c1ccc(NC(=O)c2cccs2)cc1. The van der Waals surface area contributed by atoms with Crippen molar-refractivity contribution in [1.82, 2.24) is 10.2 Å². The molecule has 6 nitrogen and oxygen atoms in total. The van der Waals surface area contributed by atoms with Gasteiger partial charge in [0.15, 0.2) is 0 Å². The minimum atomic E-state index is -0.139. The summed E-state index contributed by atoms with van der Waals surface area (Å²) >= 11 is 1.39. The van der Waals surface area contributed by atoms with E-state index in [4.69, 9.17) is 4.74 Å². The summed E-state index contributed by atoms with van der Waals surface area (Å²) in [6.45, 7) is 5.13. The molecule has 2 amide bonds. The molecule has 26 heavy (non-hydrogen) atoms. The summed E-state index contributed by atoms with van der Waals surface area (Å²) in [5.74, 6) is -0.233. The summed E-state index contributed by atoms with van der Waals surface area (Å²) in [4.78, 5) is 27.2. The van der Waals surface area contributed by atoms with Gasteiger partial charge in [-0.3, -0.25) is 14.5 Å². The number of morpholine rings is 1. The molecule has 0 bridgehead atoms. The number of hydrogen-bond acceptors (Lipinski definition) is 5. The van der Waals surface area contributed by atoms with Gasteiger partial charge in [0.1, 0.15) is 0 Å². The molecule has 0 atom stereocenters. The van der Waals surface area contributed by atoms with Crippen LogP contribution in [0.2, 0.25) is 0 Å². The number of hydrogen-bond donors (Lipinski definition) is 2. The highest BCUT2D eigenvalue weighted by atomic mass is 32.1. The predicted octanol–water partition coefficient (Wildman–Crippen LogP) is 2.45. The third-order valence-corrected chi connectivity index (χ3v) is 5.06. The Labute approximate surface area is 157 Å². The highest BCUT2D eigenvalue weighted by Gasteiger charge is 2.11. The molecule has 1 aliphatic heterocycles. The van der Waals surface area contributed by atoms with Crippen molar-refractivity contribution < 1.29 is 14.3 Å². The molecule has 138 valence electrons. The number of nitrogens with one attached hydrogen (secondary N) is 2. The van der Waals surface area contributed by atoms with E-state index in [9.17, 15) is 9.59 Å². The number of ether oxygens (including phenoxy) is 1. The number of amides is 2. The van der Waals surface area contributed by atoms with Gasteiger partial charge >= 0.3 is 0 Å². The fourth-order valence-electron chi connectivity index (χ4n) is 2.74. The van der Waals surface area contributed by atoms with Crippen LogP contribution in [0.4, 0.5) is 5.69 Å². The second-order valence-corrected chi connectivity index (χ2v) is 7.02. The Morgan fingerprint density at radius 3 is 2.54 bits per heavy atom. The van der Waals surface area contributed by atoms with Crippen molar-refractivity contribution in [3.63, 3.8) is 0 Å². The van der Waals surface area contributed by atoms with Crippen molar-refractivity contribution in [2.24, 2.45) is 0 Å². The maximum atomic E-state index is 12.2. The molecule has 0 saturated carbocycles. The number of anilines is 1. The summed E-state index contributed by atoms with van der Waals surface area (Å²) < 4.78 is 5.32. The van der Waals surface area contributed by atoms with E-state index in [1.807, 2.05) is 11.4 Å². The third-order valence-electron chi connectivity index (χ3n) is 4.19. The van der Waals surface area contributed by atoms with Crippen LogP contribution in [0.3, 0.4) is 0 Å². The van der Waals surface area contributed by atoms with Gasteiger partial charge < -0.3 is 15.4 Å². The molecule has 0 aliphatic carbocycles. The van der Waals surface area contributed by atoms with Crippen LogP contribution in [-0.4, -0.2) is 56.1 Å². The first-order valence-corrected chi connectivity index (χ1v) is 9.63. The van der Waals surface area contributed by atoms with Gasteiger partial charge in [0.2, 0.25) is 0 Å². The molecule has 7 heteroatoms. The summed E-state index contributed by atoms with van der Waals surface area (Å²) in [6, 6.07) is 10.6. The number of rotatable bonds is 7. The van der Waals surface area contributed by atoms with E-state index < -0.39 is 0 Å². The number of thiophene rings is 1. The molecule has 1 aromatic carbocycles. The fraction of sp³-hybridized carbons (Fsp3) is 0.368. The zero-order valence-corrected chi connectivity index (χ0v) is 15.4. The topological polar surface area (TPSA) is 70.7 Å². The molecule has 1 aromatic heterocycles. The summed E-state index contributed by atoms with van der Waals surface area (Å²) in [5, 5.41) is 7.62. The quantitative estimate of drug-likeness (QED) is 0.732. The Hall–Kier alpha value is -2.22. The van der Waals surface area contributed by atoms with E-state index in [1.54, 1.807) is 30.3 Å². The monoisotopic (exact) mass is 373 g/mol. The van der Waals surface area contributed by atoms with Gasteiger partial charge in [-0.2, -0.15) is 0 Å². The summed E-state index contributed by atoms with van der Waals surface area (Å²) in [7, 11) is 0. The molecule has 2 aromatic rings. The van der Waals surface area contributed by atoms with Crippen molar-refractivity contribution in [2.75, 3.05) is 44.7 Å². The minimum Gasteiger partial charge on any atom is -0.379 e. The van der Waals surface area contributed by atoms with Crippen LogP contribution in [0.25, 0.3) is 0 Å². The van der Waals surface area contributed by atoms with Crippen LogP contribution >= 0.6 is 11.3 Å². The molecule has 0 unspecified atom stereocenters. The highest BCUT2D eigenvalue weighted by molar-refractivity contribution is 7.12. The van der Waals surface area contributed by atoms with Gasteiger partial charge in [0.25, 0.3) is 11.8 Å². The molecule has 2 heterocycles. The van der Waals surface area contributed by atoms with Crippen LogP contribution in [0, 0.1) is 0 Å². The smallest absolute Gasteiger partial charge is 0.265 e. The Balaban J connectivity index is 1.41. The van der Waals surface area contributed by atoms with Gasteiger partial charge in [-0.15, -0.1) is 11.3 Å². The largest absolute Gasteiger partial charge is 0.379 e. The first kappa shape index (κ1) is 18.6. The fourth-order valence-corrected chi connectivity index (χ4v) is 3.36. The van der Waals surface area contributed by atoms with E-state index in [2.05, 4.69) is 15.5 Å². The molecule has 1 saturated heterocycles. The number of carbonyl (C=O) groups is 2. The normalized spacial score (nSPS) is 14.8. The van der Waals surface area contributed by atoms with E-state index in [-0.39, 0.29) is 11.8 Å². The molecular weight excluding hydrogens is 350 g/mol. The van der Waals surface area contributed by atoms with Gasteiger partial charge in [-0.05, 0) is 48.7 Å². The van der Waals surface area contributed by atoms with Crippen LogP contribution in [0.5, 0.6) is 0 Å². The van der Waals surface area contributed by atoms with E-state index in [0.29, 0.717) is 22.7 Å². The molecular formula is C19H23N3O3S. The molecule has 1 aliphatic rings. The van der Waals surface area contributed by atoms with Crippen molar-refractivity contribution in [1.29, 1.82) is 0 Å². The Morgan fingerprint density at radius 2 is 1.85 bits per heavy atom. The number of nitrogens with zero attached hydrogens (tertiary/aromatic N) is 1. The standard InChI is InChI=1S/C19H23N3O3S/c23-18(20-8-2-9-22-10-12-25-13-11-22)15-4-6-16(7-5-15)21-19(24)17-3-1-14-26-17/h1,3-7,14H,2,8-13H2,(H,20,23)(H,21,24). The maximum absolute atomic E-state index is 12.2. The summed E-state index contributed by atoms with van der Waals surface area (Å²) in [6.07, 6.45) is 0.917. The zero-order chi connectivity index (χ0) is 18.2. The average Bonchev–Trinajstić information content (AvgIpc) is 3.21. The lowest BCUT2D eigenvalue weighted by atomic mass is 10.2. The van der Waals surface area contributed by atoms with E-state index in [1.165, 1.54) is 11.3 Å². The van der Waals surface area contributed by atoms with Crippen LogP contribution in [0.15, 0.2) is 41.8 Å². The highest BCUT2D eigenvalue weighted by Crippen LogP contribution is 2.14. The van der Waals surface area contributed by atoms with Gasteiger partial charge in [0, 0.05) is 30.9 Å². The molecule has 0 radical (unpaired) electrons. The summed E-state index contributed by atoms with van der Waals surface area (Å²) in [5.41, 5.74) is 1.26. The van der Waals surface area contributed by atoms with Crippen molar-refractivity contribution in [3.8, 4) is 0 Å². The van der Waals surface area contributed by atoms with E-state index >= 15 is 0 Å². The second-order valence-electron chi connectivity index (χ2n) is 6.07.